The van der Waals surface area contributed by atoms with E-state index in [-0.39, 0.29) is 0 Å². The molecule has 5 heteroatoms. The number of aromatic nitrogens is 2. The number of rotatable bonds is 3. The van der Waals surface area contributed by atoms with E-state index in [9.17, 15) is 0 Å². The molecule has 0 radical (unpaired) electrons. The van der Waals surface area contributed by atoms with Crippen molar-refractivity contribution in [3.05, 3.63) is 36.2 Å². The van der Waals surface area contributed by atoms with E-state index < -0.39 is 0 Å². The molecule has 2 aromatic rings. The molecule has 0 fully saturated rings. The average molecular weight is 247 g/mol. The summed E-state index contributed by atoms with van der Waals surface area (Å²) in [7, 11) is 0. The van der Waals surface area contributed by atoms with E-state index in [0.717, 1.165) is 10.6 Å². The molecular formula is C12H13N3OS. The van der Waals surface area contributed by atoms with Gasteiger partial charge < -0.3 is 10.5 Å². The van der Waals surface area contributed by atoms with E-state index in [4.69, 9.17) is 10.5 Å². The number of benzene rings is 1. The molecule has 0 aliphatic carbocycles. The molecule has 4 nitrogen and oxygen atoms in total. The van der Waals surface area contributed by atoms with E-state index >= 15 is 0 Å². The molecule has 2 N–H and O–H groups in total. The van der Waals surface area contributed by atoms with Crippen LogP contribution in [0.5, 0.6) is 11.6 Å². The Morgan fingerprint density at radius 2 is 2.12 bits per heavy atom. The van der Waals surface area contributed by atoms with Crippen LogP contribution in [0.4, 0.5) is 5.69 Å². The van der Waals surface area contributed by atoms with Crippen LogP contribution < -0.4 is 10.5 Å². The van der Waals surface area contributed by atoms with Crippen molar-refractivity contribution in [1.82, 2.24) is 9.97 Å². The fourth-order valence-corrected chi connectivity index (χ4v) is 1.78. The molecule has 0 spiro atoms. The zero-order chi connectivity index (χ0) is 12.3. The number of thioether (sulfide) groups is 1. The molecule has 0 amide bonds. The lowest BCUT2D eigenvalue weighted by atomic mass is 10.2. The molecular weight excluding hydrogens is 234 g/mol. The average Bonchev–Trinajstić information content (AvgIpc) is 2.34. The van der Waals surface area contributed by atoms with Crippen LogP contribution in [-0.4, -0.2) is 16.2 Å². The second-order valence-corrected chi connectivity index (χ2v) is 4.32. The highest BCUT2D eigenvalue weighted by Gasteiger charge is 2.07. The first-order valence-electron chi connectivity index (χ1n) is 5.09. The van der Waals surface area contributed by atoms with Crippen molar-refractivity contribution < 1.29 is 4.74 Å². The van der Waals surface area contributed by atoms with Crippen LogP contribution in [0.3, 0.4) is 0 Å². The zero-order valence-electron chi connectivity index (χ0n) is 9.68. The molecule has 0 saturated carbocycles. The molecule has 0 atom stereocenters. The number of nitrogens with zero attached hydrogens (tertiary/aromatic N) is 2. The van der Waals surface area contributed by atoms with Gasteiger partial charge in [-0.25, -0.2) is 9.97 Å². The lowest BCUT2D eigenvalue weighted by Gasteiger charge is -2.10. The van der Waals surface area contributed by atoms with Gasteiger partial charge >= 0.3 is 0 Å². The summed E-state index contributed by atoms with van der Waals surface area (Å²) in [5.41, 5.74) is 7.45. The summed E-state index contributed by atoms with van der Waals surface area (Å²) in [6, 6.07) is 7.43. The first-order valence-corrected chi connectivity index (χ1v) is 6.32. The third kappa shape index (κ3) is 2.68. The van der Waals surface area contributed by atoms with Crippen molar-refractivity contribution in [2.24, 2.45) is 0 Å². The Labute approximate surface area is 104 Å². The molecule has 0 saturated heterocycles. The van der Waals surface area contributed by atoms with Gasteiger partial charge in [0.2, 0.25) is 5.88 Å². The van der Waals surface area contributed by atoms with Crippen molar-refractivity contribution in [2.45, 2.75) is 11.9 Å². The Morgan fingerprint density at radius 1 is 1.29 bits per heavy atom. The molecule has 17 heavy (non-hydrogen) atoms. The quantitative estimate of drug-likeness (QED) is 0.513. The Balaban J connectivity index is 2.31. The smallest absolute Gasteiger partial charge is 0.223 e. The topological polar surface area (TPSA) is 61.0 Å². The van der Waals surface area contributed by atoms with Gasteiger partial charge in [0, 0.05) is 6.07 Å². The van der Waals surface area contributed by atoms with Gasteiger partial charge in [0.15, 0.2) is 5.75 Å². The Bertz CT molecular complexity index is 511. The minimum atomic E-state index is 0.505. The lowest BCUT2D eigenvalue weighted by Crippen LogP contribution is -1.96. The van der Waals surface area contributed by atoms with Crippen molar-refractivity contribution in [3.8, 4) is 11.6 Å². The summed E-state index contributed by atoms with van der Waals surface area (Å²) in [4.78, 5) is 8.15. The third-order valence-electron chi connectivity index (χ3n) is 2.28. The summed E-state index contributed by atoms with van der Waals surface area (Å²) in [6.07, 6.45) is 3.43. The Hall–Kier alpha value is -1.75. The number of nitrogen functional groups attached to an aromatic ring is 1. The fraction of sp³-hybridized carbons (Fsp3) is 0.167. The number of aryl methyl sites for hydroxylation is 1. The molecule has 2 rings (SSSR count). The minimum absolute atomic E-state index is 0.505. The molecule has 0 aliphatic heterocycles. The number of para-hydroxylation sites is 1. The zero-order valence-corrected chi connectivity index (χ0v) is 10.5. The van der Waals surface area contributed by atoms with Gasteiger partial charge in [-0.05, 0) is 24.8 Å². The van der Waals surface area contributed by atoms with E-state index in [1.807, 2.05) is 25.3 Å². The van der Waals surface area contributed by atoms with Crippen molar-refractivity contribution in [3.63, 3.8) is 0 Å². The van der Waals surface area contributed by atoms with Crippen molar-refractivity contribution in [2.75, 3.05) is 12.0 Å². The SMILES string of the molecule is CSc1cc(Oc2c(C)cccc2N)ncn1. The Kier molecular flexibility index (Phi) is 3.49. The summed E-state index contributed by atoms with van der Waals surface area (Å²) in [5, 5.41) is 0.863. The van der Waals surface area contributed by atoms with Gasteiger partial charge in [-0.2, -0.15) is 0 Å². The van der Waals surface area contributed by atoms with Gasteiger partial charge in [-0.15, -0.1) is 11.8 Å². The lowest BCUT2D eigenvalue weighted by molar-refractivity contribution is 0.458. The monoisotopic (exact) mass is 247 g/mol. The minimum Gasteiger partial charge on any atom is -0.436 e. The first-order chi connectivity index (χ1) is 8.20. The normalized spacial score (nSPS) is 10.2. The molecule has 0 bridgehead atoms. The van der Waals surface area contributed by atoms with Crippen molar-refractivity contribution in [1.29, 1.82) is 0 Å². The van der Waals surface area contributed by atoms with Gasteiger partial charge in [0.25, 0.3) is 0 Å². The first kappa shape index (κ1) is 11.7. The van der Waals surface area contributed by atoms with Crippen LogP contribution in [0, 0.1) is 6.92 Å². The molecule has 88 valence electrons. The highest BCUT2D eigenvalue weighted by atomic mass is 32.2. The highest BCUT2D eigenvalue weighted by molar-refractivity contribution is 7.98. The fourth-order valence-electron chi connectivity index (χ4n) is 1.41. The largest absolute Gasteiger partial charge is 0.436 e. The second-order valence-electron chi connectivity index (χ2n) is 3.49. The van der Waals surface area contributed by atoms with Gasteiger partial charge in [-0.1, -0.05) is 12.1 Å². The van der Waals surface area contributed by atoms with Crippen LogP contribution in [0.25, 0.3) is 0 Å². The number of hydrogen-bond donors (Lipinski definition) is 1. The maximum Gasteiger partial charge on any atom is 0.223 e. The van der Waals surface area contributed by atoms with E-state index in [2.05, 4.69) is 9.97 Å². The molecule has 0 unspecified atom stereocenters. The van der Waals surface area contributed by atoms with E-state index in [0.29, 0.717) is 17.3 Å². The number of nitrogens with two attached hydrogens (primary N) is 1. The van der Waals surface area contributed by atoms with E-state index in [1.165, 1.54) is 18.1 Å². The molecule has 0 aliphatic rings. The number of hydrogen-bond acceptors (Lipinski definition) is 5. The number of ether oxygens (including phenoxy) is 1. The summed E-state index contributed by atoms with van der Waals surface area (Å²) < 4.78 is 5.69. The summed E-state index contributed by atoms with van der Waals surface area (Å²) >= 11 is 1.54. The molecule has 1 aromatic heterocycles. The van der Waals surface area contributed by atoms with Crippen LogP contribution in [0.2, 0.25) is 0 Å². The predicted octanol–water partition coefficient (Wildman–Crippen LogP) is 2.88. The molecule has 1 aromatic carbocycles. The van der Waals surface area contributed by atoms with Gasteiger partial charge in [0.05, 0.1) is 5.69 Å². The van der Waals surface area contributed by atoms with Crippen LogP contribution >= 0.6 is 11.8 Å². The van der Waals surface area contributed by atoms with Crippen LogP contribution in [-0.2, 0) is 0 Å². The predicted molar refractivity (Wildman–Crippen MR) is 69.5 cm³/mol. The van der Waals surface area contributed by atoms with E-state index in [1.54, 1.807) is 12.1 Å². The second kappa shape index (κ2) is 5.05. The Morgan fingerprint density at radius 3 is 2.82 bits per heavy atom. The van der Waals surface area contributed by atoms with Crippen LogP contribution in [0.15, 0.2) is 35.6 Å². The standard InChI is InChI=1S/C12H13N3OS/c1-8-4-3-5-9(13)12(8)16-10-6-11(17-2)15-7-14-10/h3-7H,13H2,1-2H3. The maximum absolute atomic E-state index is 5.87. The highest BCUT2D eigenvalue weighted by Crippen LogP contribution is 2.30. The molecule has 1 heterocycles. The van der Waals surface area contributed by atoms with Gasteiger partial charge in [0.1, 0.15) is 11.4 Å². The van der Waals surface area contributed by atoms with Crippen LogP contribution in [0.1, 0.15) is 5.56 Å². The summed E-state index contributed by atoms with van der Waals surface area (Å²) in [5.74, 6) is 1.16. The summed E-state index contributed by atoms with van der Waals surface area (Å²) in [6.45, 7) is 1.95. The maximum atomic E-state index is 5.87. The van der Waals surface area contributed by atoms with Crippen molar-refractivity contribution >= 4 is 17.4 Å². The van der Waals surface area contributed by atoms with Gasteiger partial charge in [-0.3, -0.25) is 0 Å². The third-order valence-corrected chi connectivity index (χ3v) is 2.92. The number of anilines is 1.